The molecule has 0 saturated heterocycles. The number of hydrogen-bond donors (Lipinski definition) is 1. The van der Waals surface area contributed by atoms with Gasteiger partial charge in [-0.1, -0.05) is 6.07 Å². The third kappa shape index (κ3) is 3.81. The summed E-state index contributed by atoms with van der Waals surface area (Å²) in [6, 6.07) is 6.12. The lowest BCUT2D eigenvalue weighted by Gasteiger charge is -2.21. The van der Waals surface area contributed by atoms with Crippen LogP contribution in [-0.4, -0.2) is 56.5 Å². The van der Waals surface area contributed by atoms with E-state index in [0.29, 0.717) is 0 Å². The number of rotatable bonds is 5. The van der Waals surface area contributed by atoms with E-state index in [4.69, 9.17) is 0 Å². The molecule has 1 aromatic rings. The standard InChI is InChI=1S/C16H25N3O/c1-18(2)9-4-10-19(3)16(20)14-6-5-13-7-8-17-12-15(13)11-14/h5-6,11,17H,4,7-10,12H2,1-3H3. The van der Waals surface area contributed by atoms with Crippen LogP contribution in [0.15, 0.2) is 18.2 Å². The van der Waals surface area contributed by atoms with E-state index < -0.39 is 0 Å². The van der Waals surface area contributed by atoms with E-state index in [1.54, 1.807) is 0 Å². The fourth-order valence-corrected chi connectivity index (χ4v) is 2.56. The van der Waals surface area contributed by atoms with Crippen LogP contribution in [0.3, 0.4) is 0 Å². The highest BCUT2D eigenvalue weighted by Crippen LogP contribution is 2.16. The number of hydrogen-bond acceptors (Lipinski definition) is 3. The molecule has 0 spiro atoms. The Bertz CT molecular complexity index is 471. The molecule has 1 amide bonds. The molecule has 1 aromatic carbocycles. The van der Waals surface area contributed by atoms with E-state index in [1.165, 1.54) is 11.1 Å². The van der Waals surface area contributed by atoms with Crippen LogP contribution < -0.4 is 5.32 Å². The molecule has 0 aliphatic carbocycles. The van der Waals surface area contributed by atoms with E-state index in [0.717, 1.165) is 44.6 Å². The molecule has 1 aliphatic rings. The largest absolute Gasteiger partial charge is 0.342 e. The van der Waals surface area contributed by atoms with Gasteiger partial charge >= 0.3 is 0 Å². The fraction of sp³-hybridized carbons (Fsp3) is 0.562. The Morgan fingerprint density at radius 1 is 1.20 bits per heavy atom. The molecular weight excluding hydrogens is 250 g/mol. The van der Waals surface area contributed by atoms with Gasteiger partial charge in [-0.15, -0.1) is 0 Å². The van der Waals surface area contributed by atoms with Crippen LogP contribution in [0, 0.1) is 0 Å². The summed E-state index contributed by atoms with van der Waals surface area (Å²) in [6.07, 6.45) is 2.06. The van der Waals surface area contributed by atoms with Crippen molar-refractivity contribution in [2.75, 3.05) is 40.8 Å². The molecule has 20 heavy (non-hydrogen) atoms. The first-order valence-corrected chi connectivity index (χ1v) is 7.30. The molecule has 0 fully saturated rings. The number of fused-ring (bicyclic) bond motifs is 1. The number of nitrogens with zero attached hydrogens (tertiary/aromatic N) is 2. The molecule has 0 saturated carbocycles. The summed E-state index contributed by atoms with van der Waals surface area (Å²) in [7, 11) is 5.99. The van der Waals surface area contributed by atoms with E-state index >= 15 is 0 Å². The second-order valence-corrected chi connectivity index (χ2v) is 5.79. The number of carbonyl (C=O) groups is 1. The van der Waals surface area contributed by atoms with Crippen molar-refractivity contribution >= 4 is 5.91 Å². The molecule has 4 nitrogen and oxygen atoms in total. The van der Waals surface area contributed by atoms with Crippen LogP contribution in [0.4, 0.5) is 0 Å². The third-order valence-electron chi connectivity index (χ3n) is 3.79. The molecule has 0 radical (unpaired) electrons. The van der Waals surface area contributed by atoms with Crippen LogP contribution >= 0.6 is 0 Å². The number of benzene rings is 1. The topological polar surface area (TPSA) is 35.6 Å². The van der Waals surface area contributed by atoms with E-state index in [2.05, 4.69) is 30.4 Å². The minimum atomic E-state index is 0.122. The van der Waals surface area contributed by atoms with E-state index in [-0.39, 0.29) is 5.91 Å². The normalized spacial score (nSPS) is 14.2. The van der Waals surface area contributed by atoms with Crippen LogP contribution in [-0.2, 0) is 13.0 Å². The Hall–Kier alpha value is -1.39. The SMILES string of the molecule is CN(C)CCCN(C)C(=O)c1ccc2c(c1)CNCC2. The zero-order valence-corrected chi connectivity index (χ0v) is 12.8. The van der Waals surface area contributed by atoms with Crippen LogP contribution in [0.5, 0.6) is 0 Å². The second-order valence-electron chi connectivity index (χ2n) is 5.79. The Morgan fingerprint density at radius 2 is 2.00 bits per heavy atom. The Morgan fingerprint density at radius 3 is 2.75 bits per heavy atom. The maximum absolute atomic E-state index is 12.4. The van der Waals surface area contributed by atoms with Crippen LogP contribution in [0.25, 0.3) is 0 Å². The number of carbonyl (C=O) groups excluding carboxylic acids is 1. The van der Waals surface area contributed by atoms with Gasteiger partial charge in [0.05, 0.1) is 0 Å². The summed E-state index contributed by atoms with van der Waals surface area (Å²) < 4.78 is 0. The van der Waals surface area contributed by atoms with E-state index in [1.807, 2.05) is 24.1 Å². The predicted octanol–water partition coefficient (Wildman–Crippen LogP) is 1.36. The molecule has 110 valence electrons. The Balaban J connectivity index is 1.98. The van der Waals surface area contributed by atoms with Crippen molar-refractivity contribution in [1.29, 1.82) is 0 Å². The van der Waals surface area contributed by atoms with Gasteiger partial charge in [-0.3, -0.25) is 4.79 Å². The zero-order chi connectivity index (χ0) is 14.5. The molecule has 0 aromatic heterocycles. The van der Waals surface area contributed by atoms with Crippen molar-refractivity contribution < 1.29 is 4.79 Å². The highest BCUT2D eigenvalue weighted by molar-refractivity contribution is 5.94. The van der Waals surface area contributed by atoms with Gasteiger partial charge in [-0.05, 0) is 63.3 Å². The molecule has 1 aliphatic heterocycles. The first-order valence-electron chi connectivity index (χ1n) is 7.30. The minimum Gasteiger partial charge on any atom is -0.342 e. The van der Waals surface area contributed by atoms with Gasteiger partial charge in [0.2, 0.25) is 0 Å². The lowest BCUT2D eigenvalue weighted by Crippen LogP contribution is -2.30. The molecule has 0 atom stereocenters. The van der Waals surface area contributed by atoms with Crippen molar-refractivity contribution in [2.45, 2.75) is 19.4 Å². The average Bonchev–Trinajstić information content (AvgIpc) is 2.45. The van der Waals surface area contributed by atoms with Crippen LogP contribution in [0.2, 0.25) is 0 Å². The van der Waals surface area contributed by atoms with Crippen molar-refractivity contribution in [3.63, 3.8) is 0 Å². The maximum Gasteiger partial charge on any atom is 0.253 e. The van der Waals surface area contributed by atoms with Gasteiger partial charge in [0, 0.05) is 25.7 Å². The first-order chi connectivity index (χ1) is 9.58. The lowest BCUT2D eigenvalue weighted by molar-refractivity contribution is 0.0790. The number of nitrogens with one attached hydrogen (secondary N) is 1. The van der Waals surface area contributed by atoms with Crippen molar-refractivity contribution in [3.05, 3.63) is 34.9 Å². The van der Waals surface area contributed by atoms with Gasteiger partial charge in [0.25, 0.3) is 5.91 Å². The molecule has 2 rings (SSSR count). The van der Waals surface area contributed by atoms with Crippen LogP contribution in [0.1, 0.15) is 27.9 Å². The fourth-order valence-electron chi connectivity index (χ4n) is 2.56. The summed E-state index contributed by atoms with van der Waals surface area (Å²) in [4.78, 5) is 16.4. The van der Waals surface area contributed by atoms with Crippen molar-refractivity contribution in [2.24, 2.45) is 0 Å². The summed E-state index contributed by atoms with van der Waals surface area (Å²) in [5.41, 5.74) is 3.44. The Labute approximate surface area is 121 Å². The van der Waals surface area contributed by atoms with Gasteiger partial charge in [0.1, 0.15) is 0 Å². The zero-order valence-electron chi connectivity index (χ0n) is 12.8. The number of amides is 1. The third-order valence-corrected chi connectivity index (χ3v) is 3.79. The molecule has 0 bridgehead atoms. The predicted molar refractivity (Wildman–Crippen MR) is 82.0 cm³/mol. The average molecular weight is 275 g/mol. The summed E-state index contributed by atoms with van der Waals surface area (Å²) in [6.45, 7) is 3.71. The smallest absolute Gasteiger partial charge is 0.253 e. The highest BCUT2D eigenvalue weighted by atomic mass is 16.2. The second kappa shape index (κ2) is 6.86. The molecule has 1 heterocycles. The Kier molecular flexibility index (Phi) is 5.15. The summed E-state index contributed by atoms with van der Waals surface area (Å²) in [5.74, 6) is 0.122. The quantitative estimate of drug-likeness (QED) is 0.881. The molecule has 1 N–H and O–H groups in total. The monoisotopic (exact) mass is 275 g/mol. The lowest BCUT2D eigenvalue weighted by atomic mass is 9.98. The van der Waals surface area contributed by atoms with Crippen molar-refractivity contribution in [1.82, 2.24) is 15.1 Å². The van der Waals surface area contributed by atoms with Crippen molar-refractivity contribution in [3.8, 4) is 0 Å². The van der Waals surface area contributed by atoms with Gasteiger partial charge < -0.3 is 15.1 Å². The van der Waals surface area contributed by atoms with Gasteiger partial charge in [-0.2, -0.15) is 0 Å². The molecule has 0 unspecified atom stereocenters. The highest BCUT2D eigenvalue weighted by Gasteiger charge is 2.15. The van der Waals surface area contributed by atoms with Gasteiger partial charge in [0.15, 0.2) is 0 Å². The minimum absolute atomic E-state index is 0.122. The molecule has 4 heteroatoms. The summed E-state index contributed by atoms with van der Waals surface area (Å²) in [5, 5.41) is 3.35. The summed E-state index contributed by atoms with van der Waals surface area (Å²) >= 11 is 0. The first kappa shape index (κ1) is 15.0. The van der Waals surface area contributed by atoms with Gasteiger partial charge in [-0.25, -0.2) is 0 Å². The maximum atomic E-state index is 12.4. The van der Waals surface area contributed by atoms with E-state index in [9.17, 15) is 4.79 Å². The molecular formula is C16H25N3O.